The van der Waals surface area contributed by atoms with E-state index in [1.165, 1.54) is 29.9 Å². The number of aromatic nitrogens is 2. The fraction of sp³-hybridized carbons (Fsp3) is 0.154. The molecule has 1 heterocycles. The van der Waals surface area contributed by atoms with Gasteiger partial charge in [-0.05, 0) is 61.9 Å². The molecule has 0 fully saturated rings. The van der Waals surface area contributed by atoms with Crippen molar-refractivity contribution >= 4 is 27.3 Å². The third-order valence-electron chi connectivity index (χ3n) is 5.87. The summed E-state index contributed by atoms with van der Waals surface area (Å²) in [6, 6.07) is 22.1. The number of carbonyl (C=O) groups excluding carboxylic acids is 1. The first kappa shape index (κ1) is 24.0. The van der Waals surface area contributed by atoms with Gasteiger partial charge in [-0.3, -0.25) is 18.6 Å². The van der Waals surface area contributed by atoms with Gasteiger partial charge in [0.25, 0.3) is 21.5 Å². The first-order valence-corrected chi connectivity index (χ1v) is 12.4. The Hall–Kier alpha value is -4.11. The highest BCUT2D eigenvalue weighted by atomic mass is 32.2. The van der Waals surface area contributed by atoms with Gasteiger partial charge in [-0.15, -0.1) is 0 Å². The Labute approximate surface area is 204 Å². The number of carbonyl (C=O) groups is 1. The summed E-state index contributed by atoms with van der Waals surface area (Å²) in [4.78, 5) is 26.0. The molecule has 8 nitrogen and oxygen atoms in total. The van der Waals surface area contributed by atoms with Crippen LogP contribution in [0.4, 0.5) is 11.4 Å². The van der Waals surface area contributed by atoms with E-state index in [2.05, 4.69) is 5.32 Å². The van der Waals surface area contributed by atoms with Crippen molar-refractivity contribution in [1.29, 1.82) is 0 Å². The van der Waals surface area contributed by atoms with Gasteiger partial charge in [-0.25, -0.2) is 13.1 Å². The van der Waals surface area contributed by atoms with Gasteiger partial charge < -0.3 is 5.32 Å². The number of hydrogen-bond donors (Lipinski definition) is 1. The highest BCUT2D eigenvalue weighted by Gasteiger charge is 2.29. The van der Waals surface area contributed by atoms with E-state index in [-0.39, 0.29) is 16.1 Å². The molecule has 1 aromatic heterocycles. The molecule has 0 radical (unpaired) electrons. The Morgan fingerprint density at radius 2 is 1.60 bits per heavy atom. The zero-order valence-corrected chi connectivity index (χ0v) is 20.7. The predicted molar refractivity (Wildman–Crippen MR) is 137 cm³/mol. The van der Waals surface area contributed by atoms with Crippen molar-refractivity contribution in [2.45, 2.75) is 18.7 Å². The van der Waals surface area contributed by atoms with Crippen molar-refractivity contribution in [2.75, 3.05) is 16.7 Å². The van der Waals surface area contributed by atoms with Gasteiger partial charge in [-0.2, -0.15) is 0 Å². The first-order chi connectivity index (χ1) is 16.6. The van der Waals surface area contributed by atoms with Crippen molar-refractivity contribution in [1.82, 2.24) is 9.36 Å². The van der Waals surface area contributed by atoms with Crippen LogP contribution in [0.15, 0.2) is 88.6 Å². The molecule has 35 heavy (non-hydrogen) atoms. The number of amides is 1. The number of anilines is 2. The van der Waals surface area contributed by atoms with Crippen molar-refractivity contribution in [3.63, 3.8) is 0 Å². The lowest BCUT2D eigenvalue weighted by molar-refractivity contribution is 0.102. The molecule has 0 bridgehead atoms. The molecule has 9 heteroatoms. The lowest BCUT2D eigenvalue weighted by Gasteiger charge is -2.18. The van der Waals surface area contributed by atoms with Crippen LogP contribution >= 0.6 is 0 Å². The Bertz CT molecular complexity index is 1570. The van der Waals surface area contributed by atoms with Gasteiger partial charge in [0.2, 0.25) is 0 Å². The van der Waals surface area contributed by atoms with Gasteiger partial charge in [0, 0.05) is 25.3 Å². The third-order valence-corrected chi connectivity index (χ3v) is 7.62. The summed E-state index contributed by atoms with van der Waals surface area (Å²) in [6.45, 7) is 3.60. The molecule has 0 atom stereocenters. The van der Waals surface area contributed by atoms with Gasteiger partial charge >= 0.3 is 0 Å². The predicted octanol–water partition coefficient (Wildman–Crippen LogP) is 3.87. The van der Waals surface area contributed by atoms with Crippen molar-refractivity contribution in [3.8, 4) is 5.69 Å². The molecule has 4 rings (SSSR count). The highest BCUT2D eigenvalue weighted by molar-refractivity contribution is 7.92. The molecule has 0 aliphatic heterocycles. The molecular formula is C26H26N4O4S. The largest absolute Gasteiger partial charge is 0.322 e. The minimum absolute atomic E-state index is 0.0333. The molecule has 0 aliphatic rings. The number of sulfonamides is 1. The second-order valence-electron chi connectivity index (χ2n) is 8.23. The second-order valence-corrected chi connectivity index (χ2v) is 10.2. The minimum atomic E-state index is -4.13. The number of hydrogen-bond acceptors (Lipinski definition) is 4. The number of para-hydroxylation sites is 1. The number of nitrogens with zero attached hydrogens (tertiary/aromatic N) is 3. The highest BCUT2D eigenvalue weighted by Crippen LogP contribution is 2.24. The molecule has 0 spiro atoms. The average molecular weight is 491 g/mol. The van der Waals surface area contributed by atoms with Crippen molar-refractivity contribution in [2.24, 2.45) is 7.05 Å². The Balaban J connectivity index is 1.69. The Morgan fingerprint density at radius 3 is 2.29 bits per heavy atom. The molecular weight excluding hydrogens is 464 g/mol. The van der Waals surface area contributed by atoms with Crippen LogP contribution in [0.25, 0.3) is 5.69 Å². The first-order valence-electron chi connectivity index (χ1n) is 10.9. The topological polar surface area (TPSA) is 93.4 Å². The van der Waals surface area contributed by atoms with E-state index in [0.29, 0.717) is 17.1 Å². The van der Waals surface area contributed by atoms with Crippen LogP contribution in [0.5, 0.6) is 0 Å². The van der Waals surface area contributed by atoms with Crippen LogP contribution in [-0.2, 0) is 17.1 Å². The monoisotopic (exact) mass is 490 g/mol. The maximum absolute atomic E-state index is 13.5. The zero-order valence-electron chi connectivity index (χ0n) is 19.9. The van der Waals surface area contributed by atoms with E-state index in [1.807, 2.05) is 31.2 Å². The van der Waals surface area contributed by atoms with Crippen molar-refractivity contribution < 1.29 is 13.2 Å². The van der Waals surface area contributed by atoms with Gasteiger partial charge in [-0.1, -0.05) is 36.4 Å². The number of nitrogens with one attached hydrogen (secondary N) is 1. The lowest BCUT2D eigenvalue weighted by Crippen LogP contribution is -2.32. The van der Waals surface area contributed by atoms with E-state index >= 15 is 0 Å². The molecule has 1 N–H and O–H groups in total. The molecule has 0 saturated heterocycles. The maximum Gasteiger partial charge on any atom is 0.296 e. The van der Waals surface area contributed by atoms with Crippen LogP contribution in [0.1, 0.15) is 21.6 Å². The Kier molecular flexibility index (Phi) is 6.36. The summed E-state index contributed by atoms with van der Waals surface area (Å²) in [7, 11) is -1.09. The second kappa shape index (κ2) is 9.27. The number of benzene rings is 3. The molecule has 0 aliphatic carbocycles. The van der Waals surface area contributed by atoms with Crippen LogP contribution < -0.4 is 15.2 Å². The number of rotatable bonds is 6. The van der Waals surface area contributed by atoms with E-state index in [1.54, 1.807) is 55.1 Å². The summed E-state index contributed by atoms with van der Waals surface area (Å²) in [5, 5.41) is 2.78. The van der Waals surface area contributed by atoms with Crippen LogP contribution in [-0.4, -0.2) is 30.7 Å². The van der Waals surface area contributed by atoms with Crippen LogP contribution in [0, 0.1) is 13.8 Å². The van der Waals surface area contributed by atoms with Gasteiger partial charge in [0.05, 0.1) is 16.3 Å². The summed E-state index contributed by atoms with van der Waals surface area (Å²) < 4.78 is 31.0. The fourth-order valence-electron chi connectivity index (χ4n) is 3.92. The summed E-state index contributed by atoms with van der Waals surface area (Å²) in [6.07, 6.45) is 0. The molecule has 4 aromatic rings. The lowest BCUT2D eigenvalue weighted by atomic mass is 10.2. The quantitative estimate of drug-likeness (QED) is 0.444. The van der Waals surface area contributed by atoms with E-state index < -0.39 is 21.5 Å². The third kappa shape index (κ3) is 4.50. The average Bonchev–Trinajstić information content (AvgIpc) is 3.06. The maximum atomic E-state index is 13.5. The van der Waals surface area contributed by atoms with E-state index in [0.717, 1.165) is 9.87 Å². The van der Waals surface area contributed by atoms with Crippen LogP contribution in [0.3, 0.4) is 0 Å². The van der Waals surface area contributed by atoms with E-state index in [4.69, 9.17) is 0 Å². The fourth-order valence-corrected chi connectivity index (χ4v) is 5.21. The summed E-state index contributed by atoms with van der Waals surface area (Å²) in [5.74, 6) is -0.433. The molecule has 0 saturated carbocycles. The Morgan fingerprint density at radius 1 is 0.914 bits per heavy atom. The SMILES string of the molecule is Cc1cccc(NC(=O)c2cccc(S(=O)(=O)N(C)c3c(C)n(C)n(-c4ccccc4)c3=O)c2)c1. The van der Waals surface area contributed by atoms with Crippen LogP contribution in [0.2, 0.25) is 0 Å². The zero-order chi connectivity index (χ0) is 25.3. The standard InChI is InChI=1S/C26H26N4O4S/c1-18-10-8-12-21(16-18)27-25(31)20-11-9-15-23(17-20)35(33,34)29(4)24-19(2)28(3)30(26(24)32)22-13-6-5-7-14-22/h5-17H,1-4H3,(H,27,31). The normalized spacial score (nSPS) is 11.3. The number of aryl methyl sites for hydroxylation is 1. The summed E-state index contributed by atoms with van der Waals surface area (Å²) >= 11 is 0. The molecule has 180 valence electrons. The van der Waals surface area contributed by atoms with Gasteiger partial charge in [0.15, 0.2) is 0 Å². The van der Waals surface area contributed by atoms with E-state index in [9.17, 15) is 18.0 Å². The van der Waals surface area contributed by atoms with Gasteiger partial charge in [0.1, 0.15) is 5.69 Å². The molecule has 0 unspecified atom stereocenters. The summed E-state index contributed by atoms with van der Waals surface area (Å²) in [5.41, 5.74) is 2.46. The molecule has 3 aromatic carbocycles. The minimum Gasteiger partial charge on any atom is -0.322 e. The smallest absolute Gasteiger partial charge is 0.296 e. The van der Waals surface area contributed by atoms with Crippen molar-refractivity contribution in [3.05, 3.63) is 106 Å². The molecule has 1 amide bonds.